The molecule has 2 aromatic rings. The highest BCUT2D eigenvalue weighted by Gasteiger charge is 2.36. The van der Waals surface area contributed by atoms with E-state index < -0.39 is 0 Å². The summed E-state index contributed by atoms with van der Waals surface area (Å²) in [5.74, 6) is 1.35. The van der Waals surface area contributed by atoms with Crippen molar-refractivity contribution in [2.24, 2.45) is 0 Å². The molecule has 1 saturated carbocycles. The molecular formula is C20H25N3O3. The first-order valence-electron chi connectivity index (χ1n) is 9.60. The molecule has 1 amide bonds. The Labute approximate surface area is 153 Å². The smallest absolute Gasteiger partial charge is 0.247 e. The monoisotopic (exact) mass is 355 g/mol. The Balaban J connectivity index is 1.29. The molecule has 1 aliphatic heterocycles. The number of aromatic nitrogens is 2. The lowest BCUT2D eigenvalue weighted by Gasteiger charge is -2.43. The van der Waals surface area contributed by atoms with Gasteiger partial charge in [0.25, 0.3) is 0 Å². The Morgan fingerprint density at radius 1 is 1.15 bits per heavy atom. The molecule has 2 aliphatic rings. The maximum Gasteiger partial charge on any atom is 0.247 e. The second-order valence-corrected chi connectivity index (χ2v) is 7.07. The lowest BCUT2D eigenvalue weighted by molar-refractivity contribution is -0.149. The third kappa shape index (κ3) is 3.80. The predicted octanol–water partition coefficient (Wildman–Crippen LogP) is 3.23. The van der Waals surface area contributed by atoms with Crippen LogP contribution in [0.25, 0.3) is 11.5 Å². The van der Waals surface area contributed by atoms with E-state index >= 15 is 0 Å². The molecule has 1 aliphatic carbocycles. The number of carbonyl (C=O) groups excluding carboxylic acids is 1. The molecule has 0 N–H and O–H groups in total. The van der Waals surface area contributed by atoms with E-state index in [2.05, 4.69) is 15.1 Å². The van der Waals surface area contributed by atoms with E-state index in [1.165, 1.54) is 12.8 Å². The topological polar surface area (TPSA) is 68.5 Å². The number of rotatable bonds is 5. The summed E-state index contributed by atoms with van der Waals surface area (Å²) in [6, 6.07) is 10.0. The number of hydrogen-bond acceptors (Lipinski definition) is 5. The zero-order valence-corrected chi connectivity index (χ0v) is 15.0. The Bertz CT molecular complexity index is 729. The minimum absolute atomic E-state index is 0.230. The number of aryl methyl sites for hydroxylation is 1. The molecule has 0 unspecified atom stereocenters. The average molecular weight is 355 g/mol. The molecule has 1 aromatic carbocycles. The summed E-state index contributed by atoms with van der Waals surface area (Å²) in [7, 11) is 0. The third-order valence-electron chi connectivity index (χ3n) is 5.32. The summed E-state index contributed by atoms with van der Waals surface area (Å²) in [6.07, 6.45) is 6.67. The fraction of sp³-hybridized carbons (Fsp3) is 0.550. The first kappa shape index (κ1) is 17.2. The van der Waals surface area contributed by atoms with Gasteiger partial charge in [-0.05, 0) is 31.4 Å². The normalized spacial score (nSPS) is 22.8. The Morgan fingerprint density at radius 2 is 2.00 bits per heavy atom. The lowest BCUT2D eigenvalue weighted by Crippen LogP contribution is -2.54. The van der Waals surface area contributed by atoms with E-state index in [1.807, 2.05) is 30.3 Å². The summed E-state index contributed by atoms with van der Waals surface area (Å²) >= 11 is 0. The van der Waals surface area contributed by atoms with Crippen molar-refractivity contribution >= 4 is 5.91 Å². The number of nitrogens with zero attached hydrogens (tertiary/aromatic N) is 3. The van der Waals surface area contributed by atoms with E-state index in [9.17, 15) is 4.79 Å². The van der Waals surface area contributed by atoms with Gasteiger partial charge in [0.2, 0.25) is 17.7 Å². The van der Waals surface area contributed by atoms with Gasteiger partial charge in [-0.25, -0.2) is 0 Å². The summed E-state index contributed by atoms with van der Waals surface area (Å²) in [4.78, 5) is 14.7. The molecule has 6 nitrogen and oxygen atoms in total. The largest absolute Gasteiger partial charge is 0.421 e. The fourth-order valence-electron chi connectivity index (χ4n) is 3.99. The molecule has 138 valence electrons. The molecule has 6 heteroatoms. The van der Waals surface area contributed by atoms with Gasteiger partial charge in [0.1, 0.15) is 0 Å². The predicted molar refractivity (Wildman–Crippen MR) is 96.4 cm³/mol. The van der Waals surface area contributed by atoms with Crippen molar-refractivity contribution in [2.75, 3.05) is 13.2 Å². The van der Waals surface area contributed by atoms with Crippen LogP contribution in [0, 0.1) is 0 Å². The number of fused-ring (bicyclic) bond motifs is 1. The Hall–Kier alpha value is -2.21. The molecule has 0 spiro atoms. The molecule has 4 rings (SSSR count). The molecular weight excluding hydrogens is 330 g/mol. The number of hydrogen-bond donors (Lipinski definition) is 0. The van der Waals surface area contributed by atoms with Gasteiger partial charge in [0.15, 0.2) is 0 Å². The molecule has 26 heavy (non-hydrogen) atoms. The second kappa shape index (κ2) is 7.99. The minimum Gasteiger partial charge on any atom is -0.421 e. The van der Waals surface area contributed by atoms with Gasteiger partial charge in [0.05, 0.1) is 18.8 Å². The Morgan fingerprint density at radius 3 is 2.88 bits per heavy atom. The lowest BCUT2D eigenvalue weighted by atomic mass is 9.90. The van der Waals surface area contributed by atoms with E-state index in [0.29, 0.717) is 31.2 Å². The average Bonchev–Trinajstić information content (AvgIpc) is 3.17. The maximum absolute atomic E-state index is 12.7. The zero-order valence-electron chi connectivity index (χ0n) is 15.0. The number of morpholine rings is 1. The molecule has 2 atom stereocenters. The van der Waals surface area contributed by atoms with Crippen molar-refractivity contribution in [1.82, 2.24) is 15.1 Å². The first-order valence-corrected chi connectivity index (χ1v) is 9.60. The molecule has 1 aromatic heterocycles. The van der Waals surface area contributed by atoms with Crippen molar-refractivity contribution in [3.05, 3.63) is 36.2 Å². The molecule has 1 saturated heterocycles. The highest BCUT2D eigenvalue weighted by Crippen LogP contribution is 2.29. The quantitative estimate of drug-likeness (QED) is 0.824. The standard InChI is InChI=1S/C20H25N3O3/c24-19(23-13-14-25-17-10-5-4-9-16(17)23)12-6-11-18-21-22-20(26-18)15-7-2-1-3-8-15/h1-3,7-8,16-17H,4-6,9-14H2/t16-,17+/m1/s1. The van der Waals surface area contributed by atoms with Crippen LogP contribution < -0.4 is 0 Å². The van der Waals surface area contributed by atoms with Gasteiger partial charge in [-0.2, -0.15) is 0 Å². The van der Waals surface area contributed by atoms with Crippen LogP contribution >= 0.6 is 0 Å². The molecule has 2 fully saturated rings. The van der Waals surface area contributed by atoms with Crippen molar-refractivity contribution < 1.29 is 13.9 Å². The van der Waals surface area contributed by atoms with Crippen molar-refractivity contribution in [3.63, 3.8) is 0 Å². The maximum atomic E-state index is 12.7. The van der Waals surface area contributed by atoms with Crippen LogP contribution in [0.2, 0.25) is 0 Å². The molecule has 0 radical (unpaired) electrons. The van der Waals surface area contributed by atoms with Gasteiger partial charge in [-0.15, -0.1) is 10.2 Å². The summed E-state index contributed by atoms with van der Waals surface area (Å²) in [5.41, 5.74) is 0.916. The SMILES string of the molecule is O=C(CCCc1nnc(-c2ccccc2)o1)N1CCO[C@H]2CCCC[C@H]21. The van der Waals surface area contributed by atoms with Crippen LogP contribution in [-0.4, -0.2) is 46.3 Å². The van der Waals surface area contributed by atoms with Crippen LogP contribution in [0.1, 0.15) is 44.4 Å². The number of carbonyl (C=O) groups is 1. The van der Waals surface area contributed by atoms with Crippen LogP contribution in [0.15, 0.2) is 34.7 Å². The van der Waals surface area contributed by atoms with Gasteiger partial charge in [-0.1, -0.05) is 31.0 Å². The van der Waals surface area contributed by atoms with Crippen molar-refractivity contribution in [2.45, 2.75) is 57.1 Å². The first-order chi connectivity index (χ1) is 12.8. The van der Waals surface area contributed by atoms with Crippen LogP contribution in [0.4, 0.5) is 0 Å². The second-order valence-electron chi connectivity index (χ2n) is 7.07. The van der Waals surface area contributed by atoms with E-state index in [1.54, 1.807) is 0 Å². The minimum atomic E-state index is 0.230. The van der Waals surface area contributed by atoms with Crippen LogP contribution in [-0.2, 0) is 16.0 Å². The number of amides is 1. The van der Waals surface area contributed by atoms with Crippen LogP contribution in [0.3, 0.4) is 0 Å². The number of ether oxygens (including phenoxy) is 1. The van der Waals surface area contributed by atoms with Gasteiger partial charge in [0, 0.05) is 24.9 Å². The fourth-order valence-corrected chi connectivity index (χ4v) is 3.99. The van der Waals surface area contributed by atoms with E-state index in [4.69, 9.17) is 9.15 Å². The van der Waals surface area contributed by atoms with Gasteiger partial charge in [-0.3, -0.25) is 4.79 Å². The molecule has 2 heterocycles. The van der Waals surface area contributed by atoms with Gasteiger partial charge >= 0.3 is 0 Å². The van der Waals surface area contributed by atoms with Crippen LogP contribution in [0.5, 0.6) is 0 Å². The number of benzene rings is 1. The summed E-state index contributed by atoms with van der Waals surface area (Å²) < 4.78 is 11.6. The van der Waals surface area contributed by atoms with Crippen molar-refractivity contribution in [3.8, 4) is 11.5 Å². The van der Waals surface area contributed by atoms with Crippen molar-refractivity contribution in [1.29, 1.82) is 0 Å². The summed E-state index contributed by atoms with van der Waals surface area (Å²) in [5, 5.41) is 8.21. The van der Waals surface area contributed by atoms with Gasteiger partial charge < -0.3 is 14.1 Å². The third-order valence-corrected chi connectivity index (χ3v) is 5.32. The zero-order chi connectivity index (χ0) is 17.8. The Kier molecular flexibility index (Phi) is 5.29. The highest BCUT2D eigenvalue weighted by atomic mass is 16.5. The molecule has 0 bridgehead atoms. The summed E-state index contributed by atoms with van der Waals surface area (Å²) in [6.45, 7) is 1.38. The highest BCUT2D eigenvalue weighted by molar-refractivity contribution is 5.76. The van der Waals surface area contributed by atoms with E-state index in [-0.39, 0.29) is 18.1 Å². The van der Waals surface area contributed by atoms with E-state index in [0.717, 1.165) is 31.4 Å².